The Bertz CT molecular complexity index is 354. The fourth-order valence-corrected chi connectivity index (χ4v) is 2.47. The Labute approximate surface area is 190 Å². The van der Waals surface area contributed by atoms with Crippen molar-refractivity contribution in [3.63, 3.8) is 0 Å². The molecule has 0 aliphatic rings. The van der Waals surface area contributed by atoms with Crippen LogP contribution in [-0.2, 0) is 14.4 Å². The summed E-state index contributed by atoms with van der Waals surface area (Å²) in [5.74, 6) is -1.69. The van der Waals surface area contributed by atoms with Gasteiger partial charge in [0.2, 0.25) is 0 Å². The van der Waals surface area contributed by atoms with E-state index in [4.69, 9.17) is 17.2 Å². The van der Waals surface area contributed by atoms with Gasteiger partial charge in [-0.1, -0.05) is 37.4 Å². The van der Waals surface area contributed by atoms with Gasteiger partial charge in [-0.3, -0.25) is 0 Å². The SMILES string of the molecule is CSCCC([NH-])C(=O)[O-].CSCCC([NH-])C(=O)[O-].CSCCC([NH-])C(=O)[O-].[Ge]. The zero-order chi connectivity index (χ0) is 21.8. The maximum absolute atomic E-state index is 9.90. The zero-order valence-electron chi connectivity index (χ0n) is 16.1. The Morgan fingerprint density at radius 3 is 0.929 bits per heavy atom. The van der Waals surface area contributed by atoms with E-state index in [-0.39, 0.29) is 17.6 Å². The van der Waals surface area contributed by atoms with E-state index in [1.165, 1.54) is 35.3 Å². The zero-order valence-corrected chi connectivity index (χ0v) is 20.7. The molecule has 0 spiro atoms. The van der Waals surface area contributed by atoms with E-state index in [1.54, 1.807) is 0 Å². The molecule has 0 amide bonds. The van der Waals surface area contributed by atoms with Crippen LogP contribution < -0.4 is 15.3 Å². The first kappa shape index (κ1) is 35.3. The fourth-order valence-electron chi connectivity index (χ4n) is 1.06. The van der Waals surface area contributed by atoms with Crippen LogP contribution in [-0.4, -0.2) is 89.7 Å². The van der Waals surface area contributed by atoms with Crippen molar-refractivity contribution in [1.82, 2.24) is 0 Å². The third-order valence-corrected chi connectivity index (χ3v) is 4.62. The smallest absolute Gasteiger partial charge is 0.0238 e. The Hall–Kier alpha value is -0.117. The number of rotatable bonds is 12. The van der Waals surface area contributed by atoms with Crippen molar-refractivity contribution in [3.8, 4) is 0 Å². The van der Waals surface area contributed by atoms with E-state index < -0.39 is 36.0 Å². The molecule has 4 radical (unpaired) electrons. The molecule has 0 aliphatic carbocycles. The number of aliphatic carboxylic acids is 3. The second-order valence-electron chi connectivity index (χ2n) is 4.96. The Morgan fingerprint density at radius 1 is 0.643 bits per heavy atom. The third kappa shape index (κ3) is 28.1. The van der Waals surface area contributed by atoms with Gasteiger partial charge in [-0.2, -0.15) is 35.3 Å². The second kappa shape index (κ2) is 24.9. The number of carboxylic acid groups (broad SMARTS) is 3. The molecule has 0 aromatic rings. The molecule has 3 N–H and O–H groups in total. The van der Waals surface area contributed by atoms with E-state index in [0.29, 0.717) is 36.5 Å². The first-order valence-corrected chi connectivity index (χ1v) is 12.0. The predicted molar refractivity (Wildman–Crippen MR) is 114 cm³/mol. The Balaban J connectivity index is -0.000000152. The maximum Gasteiger partial charge on any atom is 0.0238 e. The number of thioether (sulfide) groups is 3. The molecule has 3 unspecified atom stereocenters. The van der Waals surface area contributed by atoms with Gasteiger partial charge in [0, 0.05) is 35.5 Å². The van der Waals surface area contributed by atoms with Crippen molar-refractivity contribution >= 4 is 70.8 Å². The summed E-state index contributed by atoms with van der Waals surface area (Å²) in [5.41, 5.74) is 20.6. The van der Waals surface area contributed by atoms with E-state index in [9.17, 15) is 29.7 Å². The van der Waals surface area contributed by atoms with Crippen molar-refractivity contribution < 1.29 is 29.7 Å². The van der Waals surface area contributed by atoms with Crippen LogP contribution in [0.25, 0.3) is 17.2 Å². The summed E-state index contributed by atoms with van der Waals surface area (Å²) in [6.07, 6.45) is 6.77. The molecule has 166 valence electrons. The summed E-state index contributed by atoms with van der Waals surface area (Å²) in [6.45, 7) is 0. The molecule has 0 saturated heterocycles. The molecule has 0 heterocycles. The standard InChI is InChI=1S/3C5H10NO2S.Ge/c3*1-9-3-2-4(6)5(7)8;/h3*4,6H,2-3H2,1H3,(H,7,8);/q3*-1;/p-3. The molecule has 0 aromatic carbocycles. The summed E-state index contributed by atoms with van der Waals surface area (Å²) >= 11 is 4.61. The number of hydrogen-bond acceptors (Lipinski definition) is 9. The van der Waals surface area contributed by atoms with Crippen molar-refractivity contribution in [1.29, 1.82) is 0 Å². The van der Waals surface area contributed by atoms with Crippen LogP contribution in [0.5, 0.6) is 0 Å². The van der Waals surface area contributed by atoms with Crippen molar-refractivity contribution in [2.24, 2.45) is 0 Å². The van der Waals surface area contributed by atoms with Crippen LogP contribution in [0, 0.1) is 0 Å². The fraction of sp³-hybridized carbons (Fsp3) is 0.800. The first-order valence-electron chi connectivity index (χ1n) is 7.77. The van der Waals surface area contributed by atoms with E-state index in [1.807, 2.05) is 18.8 Å². The summed E-state index contributed by atoms with van der Waals surface area (Å²) in [5, 5.41) is 29.7. The quantitative estimate of drug-likeness (QED) is 0.304. The normalized spacial score (nSPS) is 12.6. The monoisotopic (exact) mass is 515 g/mol. The number of carbonyl (C=O) groups excluding carboxylic acids is 3. The van der Waals surface area contributed by atoms with Gasteiger partial charge in [0.15, 0.2) is 0 Å². The molecule has 0 saturated carbocycles. The summed E-state index contributed by atoms with van der Waals surface area (Å²) in [4.78, 5) is 29.7. The van der Waals surface area contributed by atoms with Crippen LogP contribution in [0.2, 0.25) is 0 Å². The predicted octanol–water partition coefficient (Wildman–Crippen LogP) is -0.650. The molecular formula is C15H27GeN3O6S3-6. The molecule has 0 aromatic heterocycles. The summed E-state index contributed by atoms with van der Waals surface area (Å²) in [7, 11) is 0. The van der Waals surface area contributed by atoms with E-state index >= 15 is 0 Å². The van der Waals surface area contributed by atoms with Gasteiger partial charge in [-0.15, -0.1) is 0 Å². The first-order chi connectivity index (χ1) is 12.5. The van der Waals surface area contributed by atoms with Crippen molar-refractivity contribution in [2.45, 2.75) is 37.4 Å². The molecule has 0 fully saturated rings. The largest absolute Gasteiger partial charge is 0.670 e. The van der Waals surface area contributed by atoms with E-state index in [0.717, 1.165) is 0 Å². The van der Waals surface area contributed by atoms with Gasteiger partial charge in [-0.05, 0) is 36.0 Å². The van der Waals surface area contributed by atoms with Gasteiger partial charge in [-0.25, -0.2) is 0 Å². The van der Waals surface area contributed by atoms with Crippen LogP contribution in [0.4, 0.5) is 0 Å². The van der Waals surface area contributed by atoms with Gasteiger partial charge in [0.05, 0.1) is 0 Å². The molecule has 0 rings (SSSR count). The summed E-state index contributed by atoms with van der Waals surface area (Å²) < 4.78 is 0. The topological polar surface area (TPSA) is 192 Å². The van der Waals surface area contributed by atoms with Crippen LogP contribution in [0.1, 0.15) is 19.3 Å². The average molecular weight is 514 g/mol. The number of carbonyl (C=O) groups is 3. The van der Waals surface area contributed by atoms with Gasteiger partial charge in [0.25, 0.3) is 0 Å². The number of carboxylic acids is 3. The molecular weight excluding hydrogens is 487 g/mol. The minimum atomic E-state index is -1.27. The van der Waals surface area contributed by atoms with Crippen LogP contribution in [0.15, 0.2) is 0 Å². The molecule has 0 bridgehead atoms. The Kier molecular flexibility index (Phi) is 31.4. The maximum atomic E-state index is 9.90. The molecule has 9 nitrogen and oxygen atoms in total. The Morgan fingerprint density at radius 2 is 0.821 bits per heavy atom. The number of hydrogen-bond donors (Lipinski definition) is 0. The van der Waals surface area contributed by atoms with Gasteiger partial charge in [0.1, 0.15) is 0 Å². The van der Waals surface area contributed by atoms with Gasteiger partial charge < -0.3 is 46.9 Å². The summed E-state index contributed by atoms with van der Waals surface area (Å²) in [6, 6.07) is -3.13. The van der Waals surface area contributed by atoms with Crippen molar-refractivity contribution in [2.75, 3.05) is 36.0 Å². The average Bonchev–Trinajstić information content (AvgIpc) is 2.62. The molecule has 0 aliphatic heterocycles. The minimum absolute atomic E-state index is 0. The van der Waals surface area contributed by atoms with Crippen LogP contribution in [0.3, 0.4) is 0 Å². The third-order valence-electron chi connectivity index (χ3n) is 2.69. The molecule has 13 heteroatoms. The minimum Gasteiger partial charge on any atom is -0.670 e. The second-order valence-corrected chi connectivity index (χ2v) is 7.92. The van der Waals surface area contributed by atoms with Gasteiger partial charge >= 0.3 is 0 Å². The van der Waals surface area contributed by atoms with E-state index in [2.05, 4.69) is 0 Å². The number of nitrogens with one attached hydrogen (secondary N) is 3. The molecule has 28 heavy (non-hydrogen) atoms. The van der Waals surface area contributed by atoms with Crippen LogP contribution >= 0.6 is 35.3 Å². The van der Waals surface area contributed by atoms with Crippen molar-refractivity contribution in [3.05, 3.63) is 17.2 Å². The molecule has 3 atom stereocenters.